The van der Waals surface area contributed by atoms with Gasteiger partial charge in [-0.25, -0.2) is 9.97 Å². The van der Waals surface area contributed by atoms with Crippen LogP contribution in [0.25, 0.3) is 11.1 Å². The molecular weight excluding hydrogens is 756 g/mol. The molecule has 0 aliphatic carbocycles. The molecule has 0 unspecified atom stereocenters. The van der Waals surface area contributed by atoms with E-state index in [1.54, 1.807) is 6.20 Å². The van der Waals surface area contributed by atoms with Gasteiger partial charge in [-0.05, 0) is 65.5 Å². The molecule has 242 valence electrons. The van der Waals surface area contributed by atoms with Gasteiger partial charge < -0.3 is 9.80 Å². The van der Waals surface area contributed by atoms with Gasteiger partial charge in [-0.1, -0.05) is 89.0 Å². The second-order valence-electron chi connectivity index (χ2n) is 14.1. The summed E-state index contributed by atoms with van der Waals surface area (Å²) < 4.78 is 41.2. The van der Waals surface area contributed by atoms with Crippen LogP contribution in [0, 0.1) is 19.1 Å². The number of benzene rings is 3. The molecule has 0 amide bonds. The normalized spacial score (nSPS) is 16.2. The largest absolute Gasteiger partial charge is 2.00 e. The Morgan fingerprint density at radius 3 is 1.87 bits per heavy atom. The van der Waals surface area contributed by atoms with Crippen LogP contribution in [0.5, 0.6) is 0 Å². The fraction of sp³-hybridized carbons (Fsp3) is 0.333. The number of hydrogen-bond donors (Lipinski definition) is 0. The number of fused-ring (bicyclic) bond motifs is 2. The molecular formula is C42H44N4Pt. The molecule has 0 spiro atoms. The minimum atomic E-state index is -0.400. The maximum Gasteiger partial charge on any atom is 2.00 e. The SMILES string of the molecule is [2H]c1c([2H])c([2H])c(-c2cnc(N3CCCc4ccc(C(C)(C)c5[c-]c6c(cc5)CCCN6c5cc(C(C)(C)C)ccn5)[c-]c43)cc2C)c([2H])c1[2H].[Pt+2]. The van der Waals surface area contributed by atoms with Gasteiger partial charge in [0.2, 0.25) is 0 Å². The number of pyridine rings is 2. The molecule has 0 saturated heterocycles. The average molecular weight is 805 g/mol. The summed E-state index contributed by atoms with van der Waals surface area (Å²) in [6.45, 7) is 14.7. The Kier molecular flexibility index (Phi) is 7.55. The van der Waals surface area contributed by atoms with E-state index >= 15 is 0 Å². The predicted molar refractivity (Wildman–Crippen MR) is 191 cm³/mol. The molecule has 7 rings (SSSR count). The Balaban J connectivity index is 0.00000464. The molecule has 0 radical (unpaired) electrons. The molecule has 2 aliphatic heterocycles. The molecule has 47 heavy (non-hydrogen) atoms. The zero-order valence-corrected chi connectivity index (χ0v) is 30.3. The minimum Gasteiger partial charge on any atom is -0.350 e. The van der Waals surface area contributed by atoms with E-state index in [2.05, 4.69) is 92.9 Å². The van der Waals surface area contributed by atoms with Gasteiger partial charge in [0.15, 0.2) is 0 Å². The number of hydrogen-bond acceptors (Lipinski definition) is 4. The zero-order chi connectivity index (χ0) is 36.4. The van der Waals surface area contributed by atoms with Crippen molar-refractivity contribution in [1.29, 1.82) is 0 Å². The van der Waals surface area contributed by atoms with Crippen LogP contribution in [-0.2, 0) is 44.7 Å². The number of anilines is 4. The predicted octanol–water partition coefficient (Wildman–Crippen LogP) is 9.84. The second kappa shape index (κ2) is 13.0. The molecule has 0 bridgehead atoms. The Bertz CT molecular complexity index is 2150. The molecule has 5 aromatic rings. The van der Waals surface area contributed by atoms with E-state index in [0.717, 1.165) is 78.5 Å². The van der Waals surface area contributed by atoms with Crippen molar-refractivity contribution >= 4 is 23.0 Å². The van der Waals surface area contributed by atoms with Gasteiger partial charge in [0.25, 0.3) is 0 Å². The summed E-state index contributed by atoms with van der Waals surface area (Å²) in [5, 5.41) is 0. The van der Waals surface area contributed by atoms with Crippen molar-refractivity contribution in [1.82, 2.24) is 9.97 Å². The molecule has 4 nitrogen and oxygen atoms in total. The molecule has 3 aromatic carbocycles. The van der Waals surface area contributed by atoms with Gasteiger partial charge in [0, 0.05) is 31.0 Å². The molecule has 0 atom stereocenters. The smallest absolute Gasteiger partial charge is 0.350 e. The van der Waals surface area contributed by atoms with Gasteiger partial charge in [-0.15, -0.1) is 11.1 Å². The number of rotatable bonds is 5. The number of aryl methyl sites for hydroxylation is 3. The standard InChI is InChI=1S/C42H44N4.Pt/c1-29-24-39(44-28-36(29)30-12-8-7-9-13-30)45-22-10-14-31-16-18-34(25-37(31)45)42(5,6)35-19-17-32-15-11-23-46(38(32)26-35)40-27-33(20-21-43-40)41(2,3)4;/h7-9,12-13,16-21,24,27-28H,10-11,14-15,22-23H2,1-6H3;/q-2;+2/i7D,8D,9D,12D,13D;. The summed E-state index contributed by atoms with van der Waals surface area (Å²) in [7, 11) is 0. The van der Waals surface area contributed by atoms with E-state index in [0.29, 0.717) is 5.56 Å². The van der Waals surface area contributed by atoms with Gasteiger partial charge >= 0.3 is 21.1 Å². The topological polar surface area (TPSA) is 32.3 Å². The quantitative estimate of drug-likeness (QED) is 0.166. The fourth-order valence-electron chi connectivity index (χ4n) is 6.69. The Labute approximate surface area is 302 Å². The Morgan fingerprint density at radius 1 is 0.745 bits per heavy atom. The number of nitrogens with zero attached hydrogens (tertiary/aromatic N) is 4. The van der Waals surface area contributed by atoms with Gasteiger partial charge in [0.05, 0.1) is 6.85 Å². The third-order valence-corrected chi connectivity index (χ3v) is 9.59. The van der Waals surface area contributed by atoms with E-state index < -0.39 is 11.5 Å². The summed E-state index contributed by atoms with van der Waals surface area (Å²) in [5.41, 5.74) is 9.14. The summed E-state index contributed by atoms with van der Waals surface area (Å²) in [4.78, 5) is 14.1. The van der Waals surface area contributed by atoms with Crippen LogP contribution in [0.4, 0.5) is 23.0 Å². The molecule has 2 aliphatic rings. The first-order valence-electron chi connectivity index (χ1n) is 18.8. The van der Waals surface area contributed by atoms with Crippen LogP contribution in [0.3, 0.4) is 0 Å². The van der Waals surface area contributed by atoms with Gasteiger partial charge in [0.1, 0.15) is 11.6 Å². The van der Waals surface area contributed by atoms with Crippen molar-refractivity contribution in [3.05, 3.63) is 131 Å². The third-order valence-electron chi connectivity index (χ3n) is 9.59. The van der Waals surface area contributed by atoms with Gasteiger partial charge in [-0.2, -0.15) is 47.5 Å². The van der Waals surface area contributed by atoms with Crippen LogP contribution in [0.15, 0.2) is 85.1 Å². The van der Waals surface area contributed by atoms with Crippen molar-refractivity contribution in [3.63, 3.8) is 0 Å². The summed E-state index contributed by atoms with van der Waals surface area (Å²) in [6.07, 6.45) is 7.56. The first kappa shape index (κ1) is 27.2. The minimum absolute atomic E-state index is 0. The van der Waals surface area contributed by atoms with E-state index in [-0.39, 0.29) is 56.2 Å². The summed E-state index contributed by atoms with van der Waals surface area (Å²) in [6, 6.07) is 21.3. The van der Waals surface area contributed by atoms with Crippen LogP contribution in [0.2, 0.25) is 0 Å². The van der Waals surface area contributed by atoms with Crippen LogP contribution >= 0.6 is 0 Å². The molecule has 0 N–H and O–H groups in total. The van der Waals surface area contributed by atoms with Crippen molar-refractivity contribution in [2.75, 3.05) is 22.9 Å². The maximum absolute atomic E-state index is 8.48. The van der Waals surface area contributed by atoms with Crippen LogP contribution in [-0.4, -0.2) is 23.1 Å². The van der Waals surface area contributed by atoms with Crippen LogP contribution < -0.4 is 9.80 Å². The fourth-order valence-corrected chi connectivity index (χ4v) is 6.69. The first-order valence-corrected chi connectivity index (χ1v) is 16.3. The molecule has 5 heteroatoms. The maximum atomic E-state index is 8.48. The van der Waals surface area contributed by atoms with E-state index in [9.17, 15) is 0 Å². The summed E-state index contributed by atoms with van der Waals surface area (Å²) >= 11 is 0. The molecule has 0 fully saturated rings. The molecule has 2 aromatic heterocycles. The van der Waals surface area contributed by atoms with E-state index in [4.69, 9.17) is 16.8 Å². The van der Waals surface area contributed by atoms with Crippen LogP contribution in [0.1, 0.15) is 87.7 Å². The Morgan fingerprint density at radius 2 is 1.32 bits per heavy atom. The van der Waals surface area contributed by atoms with Crippen molar-refractivity contribution < 1.29 is 27.9 Å². The Hall–Kier alpha value is -3.75. The molecule has 4 heterocycles. The second-order valence-corrected chi connectivity index (χ2v) is 14.1. The third kappa shape index (κ3) is 6.42. The van der Waals surface area contributed by atoms with Gasteiger partial charge in [-0.3, -0.25) is 0 Å². The average Bonchev–Trinajstić information content (AvgIpc) is 3.12. The monoisotopic (exact) mass is 804 g/mol. The van der Waals surface area contributed by atoms with Crippen molar-refractivity contribution in [2.24, 2.45) is 0 Å². The molecule has 0 saturated carbocycles. The first-order chi connectivity index (χ1) is 24.2. The van der Waals surface area contributed by atoms with Crippen molar-refractivity contribution in [2.45, 2.75) is 78.1 Å². The zero-order valence-electron chi connectivity index (χ0n) is 33.0. The van der Waals surface area contributed by atoms with Crippen molar-refractivity contribution in [3.8, 4) is 11.1 Å². The van der Waals surface area contributed by atoms with E-state index in [1.165, 1.54) is 16.7 Å². The summed E-state index contributed by atoms with van der Waals surface area (Å²) in [5.74, 6) is 1.71. The van der Waals surface area contributed by atoms with E-state index in [1.807, 2.05) is 19.2 Å². The number of aromatic nitrogens is 2.